The van der Waals surface area contributed by atoms with E-state index < -0.39 is 21.8 Å². The lowest BCUT2D eigenvalue weighted by molar-refractivity contribution is -0.120. The van der Waals surface area contributed by atoms with Gasteiger partial charge in [-0.05, 0) is 66.7 Å². The quantitative estimate of drug-likeness (QED) is 0.225. The highest BCUT2D eigenvalue weighted by Gasteiger charge is 2.40. The number of para-hydroxylation sites is 1. The molecule has 2 amide bonds. The Labute approximate surface area is 243 Å². The number of amides is 2. The Kier molecular flexibility index (Phi) is 7.75. The average Bonchev–Trinajstić information content (AvgIpc) is 3.18. The highest BCUT2D eigenvalue weighted by Crippen LogP contribution is 2.38. The number of hydrogen-bond acceptors (Lipinski definition) is 7. The van der Waals surface area contributed by atoms with Gasteiger partial charge in [-0.15, -0.1) is 0 Å². The van der Waals surface area contributed by atoms with Gasteiger partial charge in [0.15, 0.2) is 0 Å². The predicted octanol–water partition coefficient (Wildman–Crippen LogP) is 6.11. The van der Waals surface area contributed by atoms with E-state index in [4.69, 9.17) is 0 Å². The molecule has 2 N–H and O–H groups in total. The third-order valence-electron chi connectivity index (χ3n) is 5.77. The number of nitriles is 1. The Hall–Kier alpha value is -4.37. The van der Waals surface area contributed by atoms with Gasteiger partial charge in [0.05, 0.1) is 11.3 Å². The molecule has 1 aliphatic heterocycles. The molecule has 4 aromatic carbocycles. The van der Waals surface area contributed by atoms with Gasteiger partial charge < -0.3 is 5.32 Å². The van der Waals surface area contributed by atoms with Gasteiger partial charge in [0, 0.05) is 20.7 Å². The summed E-state index contributed by atoms with van der Waals surface area (Å²) in [6, 6.07) is 30.0. The minimum absolute atomic E-state index is 0.0189. The van der Waals surface area contributed by atoms with Crippen LogP contribution >= 0.6 is 27.7 Å². The highest BCUT2D eigenvalue weighted by atomic mass is 79.9. The van der Waals surface area contributed by atoms with E-state index in [1.165, 1.54) is 18.2 Å². The summed E-state index contributed by atoms with van der Waals surface area (Å²) in [6.45, 7) is 0. The van der Waals surface area contributed by atoms with Crippen LogP contribution in [0.5, 0.6) is 0 Å². The van der Waals surface area contributed by atoms with Gasteiger partial charge in [-0.25, -0.2) is 13.3 Å². The molecule has 0 atom stereocenters. The lowest BCUT2D eigenvalue weighted by Gasteiger charge is -2.15. The monoisotopic (exact) mass is 630 g/mol. The fraction of sp³-hybridized carbons (Fsp3) is 0. The Bertz CT molecular complexity index is 1800. The van der Waals surface area contributed by atoms with Gasteiger partial charge in [0.2, 0.25) is 0 Å². The first-order valence-electron chi connectivity index (χ1n) is 11.8. The van der Waals surface area contributed by atoms with Crippen molar-refractivity contribution in [1.82, 2.24) is 0 Å². The van der Waals surface area contributed by atoms with Gasteiger partial charge in [-0.1, -0.05) is 64.1 Å². The molecule has 0 saturated carbocycles. The van der Waals surface area contributed by atoms with E-state index in [0.717, 1.165) is 21.1 Å². The summed E-state index contributed by atoms with van der Waals surface area (Å²) in [7, 11) is -4.06. The molecule has 11 heteroatoms. The summed E-state index contributed by atoms with van der Waals surface area (Å²) in [4.78, 5) is 28.7. The van der Waals surface area contributed by atoms with Gasteiger partial charge in [-0.3, -0.25) is 14.3 Å². The number of carbonyl (C=O) groups excluding carboxylic acids is 2. The van der Waals surface area contributed by atoms with Crippen molar-refractivity contribution >= 4 is 66.6 Å². The van der Waals surface area contributed by atoms with Crippen molar-refractivity contribution in [3.63, 3.8) is 0 Å². The molecular formula is C29H19BrN4O4S2. The standard InChI is InChI=1S/C29H19BrN4O4S2/c30-20-13-15-21(16-14-20)32-26-27(29(36)34(28(26)35)23-9-2-1-3-10-23)39-24-11-6-8-22(17-24)33-40(37,38)25-12-5-4-7-19(25)18-31/h1-17,32-33H. The molecule has 4 aromatic rings. The van der Waals surface area contributed by atoms with Crippen LogP contribution in [0.4, 0.5) is 17.1 Å². The fourth-order valence-electron chi connectivity index (χ4n) is 3.95. The zero-order valence-electron chi connectivity index (χ0n) is 20.5. The maximum atomic E-state index is 13.6. The largest absolute Gasteiger partial charge is 0.350 e. The van der Waals surface area contributed by atoms with E-state index in [2.05, 4.69) is 26.0 Å². The van der Waals surface area contributed by atoms with Crippen LogP contribution in [0.2, 0.25) is 0 Å². The highest BCUT2D eigenvalue weighted by molar-refractivity contribution is 9.10. The molecule has 8 nitrogen and oxygen atoms in total. The maximum absolute atomic E-state index is 13.6. The summed E-state index contributed by atoms with van der Waals surface area (Å²) in [5, 5.41) is 12.4. The molecule has 5 rings (SSSR count). The van der Waals surface area contributed by atoms with Crippen molar-refractivity contribution in [3.05, 3.63) is 124 Å². The molecule has 0 radical (unpaired) electrons. The molecule has 0 aliphatic carbocycles. The molecule has 0 unspecified atom stereocenters. The first kappa shape index (κ1) is 27.2. The van der Waals surface area contributed by atoms with Crippen molar-refractivity contribution in [3.8, 4) is 6.07 Å². The molecule has 0 spiro atoms. The molecule has 0 bridgehead atoms. The minimum atomic E-state index is -4.06. The smallest absolute Gasteiger partial charge is 0.283 e. The number of benzene rings is 4. The van der Waals surface area contributed by atoms with Gasteiger partial charge in [-0.2, -0.15) is 5.26 Å². The van der Waals surface area contributed by atoms with Crippen LogP contribution in [-0.4, -0.2) is 20.2 Å². The fourth-order valence-corrected chi connectivity index (χ4v) is 6.41. The summed E-state index contributed by atoms with van der Waals surface area (Å²) in [5.41, 5.74) is 1.41. The molecule has 0 fully saturated rings. The number of carbonyl (C=O) groups is 2. The number of imide groups is 1. The summed E-state index contributed by atoms with van der Waals surface area (Å²) in [6.07, 6.45) is 0. The number of thioether (sulfide) groups is 1. The molecule has 1 aliphatic rings. The van der Waals surface area contributed by atoms with E-state index in [9.17, 15) is 23.3 Å². The minimum Gasteiger partial charge on any atom is -0.350 e. The second-order valence-corrected chi connectivity index (χ2v) is 12.1. The predicted molar refractivity (Wildman–Crippen MR) is 158 cm³/mol. The van der Waals surface area contributed by atoms with Gasteiger partial charge in [0.25, 0.3) is 21.8 Å². The second kappa shape index (κ2) is 11.4. The Balaban J connectivity index is 1.48. The van der Waals surface area contributed by atoms with Crippen molar-refractivity contribution in [1.29, 1.82) is 5.26 Å². The van der Waals surface area contributed by atoms with Gasteiger partial charge >= 0.3 is 0 Å². The Morgan fingerprint density at radius 2 is 1.50 bits per heavy atom. The molecule has 0 saturated heterocycles. The molecule has 0 aromatic heterocycles. The maximum Gasteiger partial charge on any atom is 0.283 e. The number of anilines is 3. The van der Waals surface area contributed by atoms with E-state index in [0.29, 0.717) is 16.3 Å². The van der Waals surface area contributed by atoms with Crippen molar-refractivity contribution in [2.45, 2.75) is 9.79 Å². The van der Waals surface area contributed by atoms with Gasteiger partial charge in [0.1, 0.15) is 21.6 Å². The summed E-state index contributed by atoms with van der Waals surface area (Å²) < 4.78 is 29.4. The number of halogens is 1. The Morgan fingerprint density at radius 3 is 2.23 bits per heavy atom. The Morgan fingerprint density at radius 1 is 0.800 bits per heavy atom. The van der Waals surface area contributed by atoms with Crippen LogP contribution in [0.25, 0.3) is 0 Å². The van der Waals surface area contributed by atoms with Crippen LogP contribution in [0.15, 0.2) is 128 Å². The number of nitrogens with one attached hydrogen (secondary N) is 2. The second-order valence-electron chi connectivity index (χ2n) is 8.46. The number of hydrogen-bond donors (Lipinski definition) is 2. The van der Waals surface area contributed by atoms with Crippen LogP contribution in [0.3, 0.4) is 0 Å². The SMILES string of the molecule is N#Cc1ccccc1S(=O)(=O)Nc1cccc(SC2=C(Nc3ccc(Br)cc3)C(=O)N(c3ccccc3)C2=O)c1. The molecule has 198 valence electrons. The van der Waals surface area contributed by atoms with E-state index in [-0.39, 0.29) is 26.7 Å². The van der Waals surface area contributed by atoms with Crippen LogP contribution in [-0.2, 0) is 19.6 Å². The zero-order valence-corrected chi connectivity index (χ0v) is 23.8. The van der Waals surface area contributed by atoms with Crippen LogP contribution < -0.4 is 14.9 Å². The molecular weight excluding hydrogens is 612 g/mol. The lowest BCUT2D eigenvalue weighted by atomic mass is 10.2. The summed E-state index contributed by atoms with van der Waals surface area (Å²) >= 11 is 4.43. The van der Waals surface area contributed by atoms with Crippen molar-refractivity contribution in [2.24, 2.45) is 0 Å². The van der Waals surface area contributed by atoms with E-state index in [1.807, 2.05) is 18.2 Å². The third-order valence-corrected chi connectivity index (χ3v) is 8.81. The van der Waals surface area contributed by atoms with Crippen molar-refractivity contribution < 1.29 is 18.0 Å². The molecule has 40 heavy (non-hydrogen) atoms. The first-order valence-corrected chi connectivity index (χ1v) is 14.9. The normalized spacial score (nSPS) is 13.3. The number of nitrogens with zero attached hydrogens (tertiary/aromatic N) is 2. The van der Waals surface area contributed by atoms with Crippen LogP contribution in [0, 0.1) is 11.3 Å². The van der Waals surface area contributed by atoms with E-state index >= 15 is 0 Å². The topological polar surface area (TPSA) is 119 Å². The number of sulfonamides is 1. The average molecular weight is 632 g/mol. The molecule has 1 heterocycles. The first-order chi connectivity index (χ1) is 19.3. The third kappa shape index (κ3) is 5.65. The van der Waals surface area contributed by atoms with Crippen LogP contribution in [0.1, 0.15) is 5.56 Å². The number of rotatable bonds is 8. The lowest BCUT2D eigenvalue weighted by Crippen LogP contribution is -2.32. The van der Waals surface area contributed by atoms with E-state index in [1.54, 1.807) is 72.8 Å². The van der Waals surface area contributed by atoms with Crippen molar-refractivity contribution in [2.75, 3.05) is 14.9 Å². The summed E-state index contributed by atoms with van der Waals surface area (Å²) in [5.74, 6) is -1.01. The zero-order chi connectivity index (χ0) is 28.3.